The van der Waals surface area contributed by atoms with E-state index in [0.29, 0.717) is 0 Å². The van der Waals surface area contributed by atoms with E-state index in [1.54, 1.807) is 0 Å². The summed E-state index contributed by atoms with van der Waals surface area (Å²) in [6.07, 6.45) is 0.249. The Morgan fingerprint density at radius 3 is 1.90 bits per heavy atom. The molecule has 0 aliphatic rings. The van der Waals surface area contributed by atoms with Crippen LogP contribution in [0.25, 0.3) is 0 Å². The number of hydrogen-bond donors (Lipinski definition) is 0. The van der Waals surface area contributed by atoms with Crippen molar-refractivity contribution in [1.82, 2.24) is 0 Å². The Bertz CT molecular complexity index is 193. The topological polar surface area (TPSA) is 43.4 Å². The first-order chi connectivity index (χ1) is 4.21. The molecule has 0 saturated heterocycles. The molecule has 62 valence electrons. The Labute approximate surface area is 67.0 Å². The predicted molar refractivity (Wildman–Crippen MR) is 44.1 cm³/mol. The van der Waals surface area contributed by atoms with Gasteiger partial charge in [0.05, 0.1) is 14.3 Å². The molecule has 10 heavy (non-hydrogen) atoms. The van der Waals surface area contributed by atoms with Gasteiger partial charge in [0, 0.05) is 10.7 Å². The highest BCUT2D eigenvalue weighted by molar-refractivity contribution is 8.10. The minimum absolute atomic E-state index is 0.249. The van der Waals surface area contributed by atoms with Gasteiger partial charge in [0.25, 0.3) is 0 Å². The lowest BCUT2D eigenvalue weighted by atomic mass is 11.7. The average molecular weight is 203 g/mol. The van der Waals surface area contributed by atoms with Crippen molar-refractivity contribution in [2.45, 2.75) is 19.6 Å². The maximum absolute atomic E-state index is 10.2. The molecular formula is C4H11ClO3SSi. The Morgan fingerprint density at radius 2 is 1.80 bits per heavy atom. The van der Waals surface area contributed by atoms with Crippen LogP contribution in [0.15, 0.2) is 0 Å². The van der Waals surface area contributed by atoms with Crippen molar-refractivity contribution < 1.29 is 12.6 Å². The zero-order valence-corrected chi connectivity index (χ0v) is 8.79. The summed E-state index contributed by atoms with van der Waals surface area (Å²) in [4.78, 5) is 0. The summed E-state index contributed by atoms with van der Waals surface area (Å²) in [5, 5.41) is 0. The molecule has 0 fully saturated rings. The van der Waals surface area contributed by atoms with E-state index in [0.717, 1.165) is 0 Å². The monoisotopic (exact) mass is 202 g/mol. The van der Waals surface area contributed by atoms with Crippen molar-refractivity contribution in [3.8, 4) is 0 Å². The summed E-state index contributed by atoms with van der Waals surface area (Å²) in [5.74, 6) is 0. The second kappa shape index (κ2) is 3.21. The second-order valence-corrected chi connectivity index (χ2v) is 10.8. The number of hydrogen-bond acceptors (Lipinski definition) is 3. The van der Waals surface area contributed by atoms with Gasteiger partial charge in [-0.15, -0.1) is 0 Å². The minimum Gasteiger partial charge on any atom is -0.261 e. The summed E-state index contributed by atoms with van der Waals surface area (Å²) < 4.78 is 24.9. The molecule has 0 N–H and O–H groups in total. The smallest absolute Gasteiger partial charge is 0.261 e. The molecule has 0 amide bonds. The van der Waals surface area contributed by atoms with E-state index in [-0.39, 0.29) is 6.23 Å². The molecule has 0 spiro atoms. The van der Waals surface area contributed by atoms with Crippen LogP contribution < -0.4 is 0 Å². The van der Waals surface area contributed by atoms with Crippen LogP contribution in [0, 0.1) is 0 Å². The van der Waals surface area contributed by atoms with Gasteiger partial charge in [-0.3, -0.25) is 4.18 Å². The van der Waals surface area contributed by atoms with Crippen LogP contribution in [-0.2, 0) is 13.5 Å². The Morgan fingerprint density at radius 1 is 1.40 bits per heavy atom. The zero-order valence-electron chi connectivity index (χ0n) is 6.22. The third-order valence-corrected chi connectivity index (χ3v) is 2.52. The molecule has 3 nitrogen and oxygen atoms in total. The Hall–Kier alpha value is 0.417. The van der Waals surface area contributed by atoms with E-state index in [1.807, 2.05) is 19.6 Å². The van der Waals surface area contributed by atoms with E-state index < -0.39 is 17.4 Å². The van der Waals surface area contributed by atoms with Crippen LogP contribution in [0.4, 0.5) is 0 Å². The van der Waals surface area contributed by atoms with Crippen LogP contribution in [0.5, 0.6) is 0 Å². The van der Waals surface area contributed by atoms with Gasteiger partial charge in [-0.1, -0.05) is 19.6 Å². The molecule has 0 heterocycles. The molecule has 0 atom stereocenters. The summed E-state index contributed by atoms with van der Waals surface area (Å²) in [7, 11) is -0.392. The normalized spacial score (nSPS) is 13.6. The Kier molecular flexibility index (Phi) is 3.34. The van der Waals surface area contributed by atoms with Gasteiger partial charge >= 0.3 is 9.33 Å². The first-order valence-corrected chi connectivity index (χ1v) is 8.74. The van der Waals surface area contributed by atoms with Crippen molar-refractivity contribution in [2.75, 3.05) is 6.23 Å². The van der Waals surface area contributed by atoms with Gasteiger partial charge in [-0.2, -0.15) is 8.42 Å². The summed E-state index contributed by atoms with van der Waals surface area (Å²) in [6, 6.07) is 0. The molecule has 0 aromatic heterocycles. The first kappa shape index (κ1) is 10.4. The van der Waals surface area contributed by atoms with E-state index in [1.165, 1.54) is 0 Å². The lowest BCUT2D eigenvalue weighted by Gasteiger charge is -2.12. The maximum Gasteiger partial charge on any atom is 0.355 e. The third-order valence-electron chi connectivity index (χ3n) is 0.633. The fraction of sp³-hybridized carbons (Fsp3) is 1.00. The molecule has 0 unspecified atom stereocenters. The van der Waals surface area contributed by atoms with Crippen LogP contribution in [0.1, 0.15) is 0 Å². The zero-order chi connectivity index (χ0) is 8.41. The summed E-state index contributed by atoms with van der Waals surface area (Å²) >= 11 is 0. The van der Waals surface area contributed by atoms with Crippen LogP contribution in [0.2, 0.25) is 19.6 Å². The second-order valence-electron chi connectivity index (χ2n) is 3.22. The summed E-state index contributed by atoms with van der Waals surface area (Å²) in [5.41, 5.74) is 0. The van der Waals surface area contributed by atoms with Gasteiger partial charge in [-0.25, -0.2) is 0 Å². The van der Waals surface area contributed by atoms with E-state index in [4.69, 9.17) is 10.7 Å². The lowest BCUT2D eigenvalue weighted by Crippen LogP contribution is -2.28. The number of rotatable bonds is 3. The van der Waals surface area contributed by atoms with Gasteiger partial charge < -0.3 is 0 Å². The Balaban J connectivity index is 3.79. The predicted octanol–water partition coefficient (Wildman–Crippen LogP) is 1.36. The molecule has 0 aliphatic carbocycles. The lowest BCUT2D eigenvalue weighted by molar-refractivity contribution is 0.382. The van der Waals surface area contributed by atoms with E-state index in [9.17, 15) is 8.42 Å². The fourth-order valence-electron chi connectivity index (χ4n) is 0.247. The molecule has 0 aromatic rings. The van der Waals surface area contributed by atoms with Crippen LogP contribution >= 0.6 is 10.7 Å². The molecule has 0 aromatic carbocycles. The van der Waals surface area contributed by atoms with Crippen molar-refractivity contribution >= 4 is 28.1 Å². The largest absolute Gasteiger partial charge is 0.355 e. The van der Waals surface area contributed by atoms with Crippen molar-refractivity contribution in [2.24, 2.45) is 0 Å². The van der Waals surface area contributed by atoms with Gasteiger partial charge in [-0.05, 0) is 0 Å². The fourth-order valence-corrected chi connectivity index (χ4v) is 2.63. The quantitative estimate of drug-likeness (QED) is 0.513. The summed E-state index contributed by atoms with van der Waals surface area (Å²) in [6.45, 7) is 5.99. The average Bonchev–Trinajstić information content (AvgIpc) is 1.57. The molecule has 0 radical (unpaired) electrons. The highest BCUT2D eigenvalue weighted by atomic mass is 35.7. The molecule has 0 saturated carbocycles. The van der Waals surface area contributed by atoms with E-state index in [2.05, 4.69) is 4.18 Å². The van der Waals surface area contributed by atoms with Crippen LogP contribution in [0.3, 0.4) is 0 Å². The van der Waals surface area contributed by atoms with Crippen LogP contribution in [-0.4, -0.2) is 22.7 Å². The number of halogens is 1. The van der Waals surface area contributed by atoms with Gasteiger partial charge in [0.1, 0.15) is 0 Å². The maximum atomic E-state index is 10.2. The highest BCUT2D eigenvalue weighted by Crippen LogP contribution is 2.06. The first-order valence-electron chi connectivity index (χ1n) is 2.80. The highest BCUT2D eigenvalue weighted by Gasteiger charge is 2.17. The minimum atomic E-state index is -3.75. The van der Waals surface area contributed by atoms with Gasteiger partial charge in [0.2, 0.25) is 0 Å². The standard InChI is InChI=1S/C4H11ClO3SSi/c1-10(2,3)4-8-9(5,6)7/h4H2,1-3H3. The molecule has 0 rings (SSSR count). The molecule has 0 aliphatic heterocycles. The molecule has 0 bridgehead atoms. The van der Waals surface area contributed by atoms with E-state index >= 15 is 0 Å². The van der Waals surface area contributed by atoms with Crippen molar-refractivity contribution in [3.05, 3.63) is 0 Å². The molecular weight excluding hydrogens is 192 g/mol. The third kappa shape index (κ3) is 8.42. The van der Waals surface area contributed by atoms with Crippen molar-refractivity contribution in [3.63, 3.8) is 0 Å². The SMILES string of the molecule is C[Si](C)(C)COS(=O)(=O)Cl. The molecule has 6 heteroatoms. The van der Waals surface area contributed by atoms with Crippen molar-refractivity contribution in [1.29, 1.82) is 0 Å². The van der Waals surface area contributed by atoms with Gasteiger partial charge in [0.15, 0.2) is 0 Å².